The number of halogens is 1. The van der Waals surface area contributed by atoms with Crippen LogP contribution >= 0.6 is 11.6 Å². The van der Waals surface area contributed by atoms with Gasteiger partial charge >= 0.3 is 0 Å². The van der Waals surface area contributed by atoms with Crippen molar-refractivity contribution in [2.24, 2.45) is 0 Å². The molecule has 0 amide bonds. The Morgan fingerprint density at radius 1 is 1.29 bits per heavy atom. The summed E-state index contributed by atoms with van der Waals surface area (Å²) in [7, 11) is 0. The van der Waals surface area contributed by atoms with Crippen molar-refractivity contribution in [3.05, 3.63) is 29.8 Å². The van der Waals surface area contributed by atoms with Gasteiger partial charge in [0.05, 0.1) is 12.5 Å². The van der Waals surface area contributed by atoms with E-state index in [1.54, 1.807) is 0 Å². The lowest BCUT2D eigenvalue weighted by atomic mass is 10.2. The Kier molecular flexibility index (Phi) is 5.42. The van der Waals surface area contributed by atoms with Crippen LogP contribution in [0.15, 0.2) is 24.3 Å². The molecule has 0 radical (unpaired) electrons. The zero-order valence-corrected chi connectivity index (χ0v) is 9.09. The van der Waals surface area contributed by atoms with Crippen molar-refractivity contribution in [1.29, 1.82) is 0 Å². The first-order valence-electron chi connectivity index (χ1n) is 4.81. The van der Waals surface area contributed by atoms with Gasteiger partial charge in [0.15, 0.2) is 5.75 Å². The molecule has 0 unspecified atom stereocenters. The molecule has 0 saturated carbocycles. The second-order valence-corrected chi connectivity index (χ2v) is 3.27. The minimum Gasteiger partial charge on any atom is -0.337 e. The molecule has 1 rings (SSSR count). The molecule has 0 saturated heterocycles. The lowest BCUT2D eigenvalue weighted by molar-refractivity contribution is -0.207. The Bertz CT molecular complexity index is 263. The van der Waals surface area contributed by atoms with Crippen LogP contribution in [0.25, 0.3) is 0 Å². The normalized spacial score (nSPS) is 10.1. The van der Waals surface area contributed by atoms with E-state index < -0.39 is 0 Å². The number of hydrogen-bond acceptors (Lipinski definition) is 2. The summed E-state index contributed by atoms with van der Waals surface area (Å²) in [6.07, 6.45) is 2.10. The van der Waals surface area contributed by atoms with Crippen molar-refractivity contribution in [2.75, 3.05) is 6.61 Å². The van der Waals surface area contributed by atoms with Crippen molar-refractivity contribution in [3.63, 3.8) is 0 Å². The minimum absolute atomic E-state index is 0.438. The van der Waals surface area contributed by atoms with E-state index in [0.717, 1.165) is 18.4 Å². The van der Waals surface area contributed by atoms with Crippen molar-refractivity contribution < 1.29 is 9.78 Å². The van der Waals surface area contributed by atoms with E-state index in [1.165, 1.54) is 0 Å². The number of unbranched alkanes of at least 4 members (excludes halogenated alkanes) is 1. The Labute approximate surface area is 89.7 Å². The highest BCUT2D eigenvalue weighted by Crippen LogP contribution is 2.19. The van der Waals surface area contributed by atoms with Crippen LogP contribution in [0, 0.1) is 0 Å². The fraction of sp³-hybridized carbons (Fsp3) is 0.455. The first-order valence-corrected chi connectivity index (χ1v) is 5.35. The Morgan fingerprint density at radius 2 is 2.07 bits per heavy atom. The topological polar surface area (TPSA) is 18.5 Å². The Hall–Kier alpha value is -0.730. The van der Waals surface area contributed by atoms with Crippen LogP contribution in [-0.2, 0) is 10.8 Å². The van der Waals surface area contributed by atoms with Crippen molar-refractivity contribution >= 4 is 11.6 Å². The molecule has 3 heteroatoms. The van der Waals surface area contributed by atoms with Gasteiger partial charge in [-0.2, -0.15) is 4.89 Å². The number of para-hydroxylation sites is 1. The quantitative estimate of drug-likeness (QED) is 0.312. The fourth-order valence-electron chi connectivity index (χ4n) is 1.00. The lowest BCUT2D eigenvalue weighted by Crippen LogP contribution is -2.00. The summed E-state index contributed by atoms with van der Waals surface area (Å²) < 4.78 is 0. The maximum absolute atomic E-state index is 5.74. The molecule has 0 fully saturated rings. The van der Waals surface area contributed by atoms with E-state index in [9.17, 15) is 0 Å². The molecule has 0 heterocycles. The molecule has 0 N–H and O–H groups in total. The second kappa shape index (κ2) is 6.68. The molecular formula is C11H15ClO2. The summed E-state index contributed by atoms with van der Waals surface area (Å²) >= 11 is 5.74. The molecule has 0 aliphatic heterocycles. The monoisotopic (exact) mass is 214 g/mol. The number of alkyl halides is 1. The first kappa shape index (κ1) is 11.3. The van der Waals surface area contributed by atoms with Crippen LogP contribution < -0.4 is 4.89 Å². The molecule has 0 aliphatic carbocycles. The summed E-state index contributed by atoms with van der Waals surface area (Å²) in [4.78, 5) is 10.2. The Balaban J connectivity index is 2.41. The molecule has 0 aromatic heterocycles. The zero-order valence-electron chi connectivity index (χ0n) is 8.33. The molecule has 0 spiro atoms. The molecule has 1 aromatic carbocycles. The summed E-state index contributed by atoms with van der Waals surface area (Å²) in [5, 5.41) is 0. The standard InChI is InChI=1S/C11H15ClO2/c1-2-3-8-13-14-11-7-5-4-6-10(11)9-12/h4-7H,2-3,8-9H2,1H3. The third kappa shape index (κ3) is 3.56. The molecule has 1 aromatic rings. The van der Waals surface area contributed by atoms with Crippen LogP contribution in [0.1, 0.15) is 25.3 Å². The first-order chi connectivity index (χ1) is 6.88. The smallest absolute Gasteiger partial charge is 0.169 e. The second-order valence-electron chi connectivity index (χ2n) is 3.00. The third-order valence-corrected chi connectivity index (χ3v) is 2.13. The predicted octanol–water partition coefficient (Wildman–Crippen LogP) is 3.54. The van der Waals surface area contributed by atoms with Crippen molar-refractivity contribution in [3.8, 4) is 5.75 Å². The van der Waals surface area contributed by atoms with Crippen LogP contribution in [0.2, 0.25) is 0 Å². The molecule has 0 atom stereocenters. The maximum atomic E-state index is 5.74. The van der Waals surface area contributed by atoms with Gasteiger partial charge in [-0.15, -0.1) is 11.6 Å². The highest BCUT2D eigenvalue weighted by Gasteiger charge is 2.01. The largest absolute Gasteiger partial charge is 0.337 e. The van der Waals surface area contributed by atoms with E-state index in [0.29, 0.717) is 18.2 Å². The lowest BCUT2D eigenvalue weighted by Gasteiger charge is -2.07. The molecule has 2 nitrogen and oxygen atoms in total. The van der Waals surface area contributed by atoms with E-state index in [2.05, 4.69) is 6.92 Å². The van der Waals surface area contributed by atoms with E-state index >= 15 is 0 Å². The van der Waals surface area contributed by atoms with Gasteiger partial charge < -0.3 is 4.89 Å². The van der Waals surface area contributed by atoms with Crippen LogP contribution in [0.5, 0.6) is 5.75 Å². The summed E-state index contributed by atoms with van der Waals surface area (Å²) in [6, 6.07) is 7.60. The van der Waals surface area contributed by atoms with Gasteiger partial charge in [-0.1, -0.05) is 31.5 Å². The summed E-state index contributed by atoms with van der Waals surface area (Å²) in [5.74, 6) is 1.14. The highest BCUT2D eigenvalue weighted by molar-refractivity contribution is 6.17. The summed E-state index contributed by atoms with van der Waals surface area (Å²) in [6.45, 7) is 2.73. The average Bonchev–Trinajstić information content (AvgIpc) is 2.25. The van der Waals surface area contributed by atoms with Gasteiger partial charge in [0.2, 0.25) is 0 Å². The molecular weight excluding hydrogens is 200 g/mol. The molecule has 14 heavy (non-hydrogen) atoms. The van der Waals surface area contributed by atoms with Gasteiger partial charge in [-0.25, -0.2) is 0 Å². The SMILES string of the molecule is CCCCOOc1ccccc1CCl. The number of benzene rings is 1. The summed E-state index contributed by atoms with van der Waals surface area (Å²) in [5.41, 5.74) is 0.950. The Morgan fingerprint density at radius 3 is 2.79 bits per heavy atom. The average molecular weight is 215 g/mol. The molecule has 78 valence electrons. The minimum atomic E-state index is 0.438. The van der Waals surface area contributed by atoms with Gasteiger partial charge in [-0.3, -0.25) is 0 Å². The van der Waals surface area contributed by atoms with Crippen molar-refractivity contribution in [2.45, 2.75) is 25.6 Å². The van der Waals surface area contributed by atoms with Gasteiger partial charge in [-0.05, 0) is 12.5 Å². The van der Waals surface area contributed by atoms with E-state index in [1.807, 2.05) is 24.3 Å². The molecule has 0 bridgehead atoms. The number of rotatable bonds is 6. The predicted molar refractivity (Wildman–Crippen MR) is 57.5 cm³/mol. The zero-order chi connectivity index (χ0) is 10.2. The maximum Gasteiger partial charge on any atom is 0.169 e. The fourth-order valence-corrected chi connectivity index (χ4v) is 1.22. The van der Waals surface area contributed by atoms with Crippen LogP contribution in [-0.4, -0.2) is 6.61 Å². The van der Waals surface area contributed by atoms with Gasteiger partial charge in [0.1, 0.15) is 0 Å². The highest BCUT2D eigenvalue weighted by atomic mass is 35.5. The van der Waals surface area contributed by atoms with E-state index in [4.69, 9.17) is 21.4 Å². The number of hydrogen-bond donors (Lipinski definition) is 0. The van der Waals surface area contributed by atoms with Crippen LogP contribution in [0.3, 0.4) is 0 Å². The van der Waals surface area contributed by atoms with Gasteiger partial charge in [0, 0.05) is 5.56 Å². The van der Waals surface area contributed by atoms with Crippen LogP contribution in [0.4, 0.5) is 0 Å². The van der Waals surface area contributed by atoms with Crippen molar-refractivity contribution in [1.82, 2.24) is 0 Å². The third-order valence-electron chi connectivity index (χ3n) is 1.85. The van der Waals surface area contributed by atoms with E-state index in [-0.39, 0.29) is 0 Å². The van der Waals surface area contributed by atoms with Gasteiger partial charge in [0.25, 0.3) is 0 Å². The molecule has 0 aliphatic rings.